The number of ether oxygens (including phenoxy) is 1. The molecular weight excluding hydrogens is 318 g/mol. The largest absolute Gasteiger partial charge is 0.478 e. The number of carbonyl (C=O) groups is 1. The normalized spacial score (nSPS) is 15.1. The van der Waals surface area contributed by atoms with Crippen LogP contribution in [0.4, 0.5) is 11.4 Å². The van der Waals surface area contributed by atoms with E-state index in [9.17, 15) is 4.79 Å². The number of carboxylic acids is 1. The van der Waals surface area contributed by atoms with Gasteiger partial charge in [-0.3, -0.25) is 5.43 Å². The molecule has 2 aromatic carbocycles. The highest BCUT2D eigenvalue weighted by Crippen LogP contribution is 2.17. The number of carboxylic acid groups (broad SMARTS) is 1. The van der Waals surface area contributed by atoms with E-state index in [4.69, 9.17) is 9.84 Å². The minimum absolute atomic E-state index is 0.255. The molecule has 1 saturated heterocycles. The average molecular weight is 339 g/mol. The Morgan fingerprint density at radius 3 is 2.24 bits per heavy atom. The third-order valence-electron chi connectivity index (χ3n) is 4.15. The second kappa shape index (κ2) is 7.81. The Hall–Kier alpha value is -2.86. The van der Waals surface area contributed by atoms with E-state index < -0.39 is 5.97 Å². The number of rotatable bonds is 5. The van der Waals surface area contributed by atoms with Gasteiger partial charge in [-0.05, 0) is 48.9 Å². The maximum absolute atomic E-state index is 10.8. The van der Waals surface area contributed by atoms with Gasteiger partial charge >= 0.3 is 5.97 Å². The van der Waals surface area contributed by atoms with Crippen molar-refractivity contribution in [2.45, 2.75) is 6.92 Å². The van der Waals surface area contributed by atoms with E-state index in [1.807, 2.05) is 6.92 Å². The zero-order valence-corrected chi connectivity index (χ0v) is 14.1. The molecule has 0 bridgehead atoms. The standard InChI is InChI=1S/C19H21N3O3/c1-14(20-21-17-6-2-16(3-7-17)19(23)24)15-4-8-18(9-5-15)22-10-12-25-13-11-22/h2-9,21H,10-13H2,1H3,(H,23,24)/b20-14+. The fourth-order valence-corrected chi connectivity index (χ4v) is 2.64. The maximum Gasteiger partial charge on any atom is 0.335 e. The molecule has 0 aliphatic carbocycles. The molecule has 0 aromatic heterocycles. The molecule has 2 N–H and O–H groups in total. The number of hydrogen-bond donors (Lipinski definition) is 2. The van der Waals surface area contributed by atoms with Crippen molar-refractivity contribution in [2.75, 3.05) is 36.6 Å². The molecule has 0 atom stereocenters. The van der Waals surface area contributed by atoms with Crippen LogP contribution in [0.3, 0.4) is 0 Å². The van der Waals surface area contributed by atoms with Crippen molar-refractivity contribution in [3.8, 4) is 0 Å². The molecule has 1 aliphatic heterocycles. The molecule has 0 amide bonds. The second-order valence-corrected chi connectivity index (χ2v) is 5.84. The summed E-state index contributed by atoms with van der Waals surface area (Å²) in [6.07, 6.45) is 0. The molecule has 25 heavy (non-hydrogen) atoms. The number of benzene rings is 2. The van der Waals surface area contributed by atoms with Crippen LogP contribution in [0.25, 0.3) is 0 Å². The van der Waals surface area contributed by atoms with Crippen LogP contribution in [0.15, 0.2) is 53.6 Å². The average Bonchev–Trinajstić information content (AvgIpc) is 2.67. The van der Waals surface area contributed by atoms with Gasteiger partial charge in [0.2, 0.25) is 0 Å². The van der Waals surface area contributed by atoms with Crippen LogP contribution in [-0.4, -0.2) is 43.1 Å². The van der Waals surface area contributed by atoms with E-state index >= 15 is 0 Å². The van der Waals surface area contributed by atoms with Gasteiger partial charge in [0.05, 0.1) is 30.2 Å². The number of hydrogen-bond acceptors (Lipinski definition) is 5. The highest BCUT2D eigenvalue weighted by molar-refractivity contribution is 5.99. The number of nitrogens with zero attached hydrogens (tertiary/aromatic N) is 2. The Morgan fingerprint density at radius 1 is 1.04 bits per heavy atom. The van der Waals surface area contributed by atoms with Crippen LogP contribution >= 0.6 is 0 Å². The van der Waals surface area contributed by atoms with E-state index in [0.717, 1.165) is 43.3 Å². The van der Waals surface area contributed by atoms with Crippen molar-refractivity contribution in [3.05, 3.63) is 59.7 Å². The summed E-state index contributed by atoms with van der Waals surface area (Å²) in [4.78, 5) is 13.2. The Balaban J connectivity index is 1.64. The monoisotopic (exact) mass is 339 g/mol. The second-order valence-electron chi connectivity index (χ2n) is 5.84. The first-order chi connectivity index (χ1) is 12.1. The van der Waals surface area contributed by atoms with Gasteiger partial charge in [-0.2, -0.15) is 5.10 Å². The van der Waals surface area contributed by atoms with E-state index in [-0.39, 0.29) is 5.56 Å². The number of nitrogens with one attached hydrogen (secondary N) is 1. The van der Waals surface area contributed by atoms with E-state index in [1.165, 1.54) is 5.69 Å². The summed E-state index contributed by atoms with van der Waals surface area (Å²) < 4.78 is 5.38. The quantitative estimate of drug-likeness (QED) is 0.647. The van der Waals surface area contributed by atoms with Crippen molar-refractivity contribution in [2.24, 2.45) is 5.10 Å². The number of hydrazone groups is 1. The van der Waals surface area contributed by atoms with Gasteiger partial charge < -0.3 is 14.7 Å². The zero-order valence-electron chi connectivity index (χ0n) is 14.1. The molecule has 6 nitrogen and oxygen atoms in total. The van der Waals surface area contributed by atoms with Gasteiger partial charge in [0.15, 0.2) is 0 Å². The number of anilines is 2. The zero-order chi connectivity index (χ0) is 17.6. The lowest BCUT2D eigenvalue weighted by molar-refractivity contribution is 0.0697. The molecule has 0 unspecified atom stereocenters. The summed E-state index contributed by atoms with van der Waals surface area (Å²) in [6, 6.07) is 14.8. The predicted octanol–water partition coefficient (Wildman–Crippen LogP) is 3.06. The third kappa shape index (κ3) is 4.36. The Morgan fingerprint density at radius 2 is 1.64 bits per heavy atom. The summed E-state index contributed by atoms with van der Waals surface area (Å²) in [7, 11) is 0. The minimum Gasteiger partial charge on any atom is -0.478 e. The number of morpholine rings is 1. The summed E-state index contributed by atoms with van der Waals surface area (Å²) in [5.74, 6) is -0.938. The van der Waals surface area contributed by atoms with Crippen LogP contribution in [0.2, 0.25) is 0 Å². The maximum atomic E-state index is 10.8. The topological polar surface area (TPSA) is 74.2 Å². The molecule has 2 aromatic rings. The van der Waals surface area contributed by atoms with E-state index in [1.54, 1.807) is 24.3 Å². The molecular formula is C19H21N3O3. The Kier molecular flexibility index (Phi) is 5.30. The van der Waals surface area contributed by atoms with Crippen molar-refractivity contribution in [1.82, 2.24) is 0 Å². The van der Waals surface area contributed by atoms with Crippen LogP contribution in [0.5, 0.6) is 0 Å². The molecule has 6 heteroatoms. The molecule has 1 heterocycles. The van der Waals surface area contributed by atoms with Gasteiger partial charge in [-0.25, -0.2) is 4.79 Å². The van der Waals surface area contributed by atoms with Crippen LogP contribution < -0.4 is 10.3 Å². The number of aromatic carboxylic acids is 1. The SMILES string of the molecule is C/C(=N\Nc1ccc(C(=O)O)cc1)c1ccc(N2CCOCC2)cc1. The first-order valence-corrected chi connectivity index (χ1v) is 8.20. The molecule has 1 fully saturated rings. The highest BCUT2D eigenvalue weighted by Gasteiger charge is 2.11. The Labute approximate surface area is 146 Å². The summed E-state index contributed by atoms with van der Waals surface area (Å²) in [5.41, 5.74) is 7.04. The lowest BCUT2D eigenvalue weighted by Crippen LogP contribution is -2.36. The molecule has 0 saturated carbocycles. The van der Waals surface area contributed by atoms with Gasteiger partial charge in [0.1, 0.15) is 0 Å². The summed E-state index contributed by atoms with van der Waals surface area (Å²) in [6.45, 7) is 5.31. The van der Waals surface area contributed by atoms with Gasteiger partial charge in [-0.15, -0.1) is 0 Å². The van der Waals surface area contributed by atoms with Crippen molar-refractivity contribution < 1.29 is 14.6 Å². The molecule has 3 rings (SSSR count). The predicted molar refractivity (Wildman–Crippen MR) is 98.7 cm³/mol. The van der Waals surface area contributed by atoms with Gasteiger partial charge in [0.25, 0.3) is 0 Å². The molecule has 130 valence electrons. The van der Waals surface area contributed by atoms with Crippen LogP contribution in [0.1, 0.15) is 22.8 Å². The molecule has 1 aliphatic rings. The fourth-order valence-electron chi connectivity index (χ4n) is 2.64. The first-order valence-electron chi connectivity index (χ1n) is 8.20. The Bertz CT molecular complexity index is 748. The van der Waals surface area contributed by atoms with E-state index in [0.29, 0.717) is 0 Å². The lowest BCUT2D eigenvalue weighted by Gasteiger charge is -2.28. The summed E-state index contributed by atoms with van der Waals surface area (Å²) >= 11 is 0. The van der Waals surface area contributed by atoms with Crippen molar-refractivity contribution in [1.29, 1.82) is 0 Å². The fraction of sp³-hybridized carbons (Fsp3) is 0.263. The van der Waals surface area contributed by atoms with Crippen molar-refractivity contribution in [3.63, 3.8) is 0 Å². The van der Waals surface area contributed by atoms with Gasteiger partial charge in [0, 0.05) is 18.8 Å². The van der Waals surface area contributed by atoms with Crippen LogP contribution in [-0.2, 0) is 4.74 Å². The lowest BCUT2D eigenvalue weighted by atomic mass is 10.1. The molecule has 0 spiro atoms. The van der Waals surface area contributed by atoms with Crippen LogP contribution in [0, 0.1) is 0 Å². The smallest absolute Gasteiger partial charge is 0.335 e. The van der Waals surface area contributed by atoms with Gasteiger partial charge in [-0.1, -0.05) is 12.1 Å². The first kappa shape index (κ1) is 17.0. The minimum atomic E-state index is -0.938. The molecule has 0 radical (unpaired) electrons. The van der Waals surface area contributed by atoms with E-state index in [2.05, 4.69) is 39.7 Å². The van der Waals surface area contributed by atoms with Crippen molar-refractivity contribution >= 4 is 23.1 Å². The summed E-state index contributed by atoms with van der Waals surface area (Å²) in [5, 5.41) is 13.3. The third-order valence-corrected chi connectivity index (χ3v) is 4.15. The highest BCUT2D eigenvalue weighted by atomic mass is 16.5.